The standard InChI is InChI=1S/C15H20N4O3/c20-13-9-16-7-11(13)8-18-14(21)10-1-3-12(4-2-10)19-6-5-17-15(19)22/h1-4,11,13,16,20H,5-9H2,(H,17,22)(H,18,21). The predicted octanol–water partition coefficient (Wildman–Crippen LogP) is -0.474. The van der Waals surface area contributed by atoms with E-state index in [1.54, 1.807) is 29.2 Å². The zero-order chi connectivity index (χ0) is 15.5. The van der Waals surface area contributed by atoms with Crippen molar-refractivity contribution in [2.24, 2.45) is 5.92 Å². The SMILES string of the molecule is O=C(NCC1CNCC1O)c1ccc(N2CCNC2=O)cc1. The molecule has 0 bridgehead atoms. The van der Waals surface area contributed by atoms with Gasteiger partial charge in [0.1, 0.15) is 0 Å². The Labute approximate surface area is 128 Å². The quantitative estimate of drug-likeness (QED) is 0.605. The molecule has 7 heteroatoms. The van der Waals surface area contributed by atoms with Crippen LogP contribution < -0.4 is 20.9 Å². The Morgan fingerprint density at radius 2 is 2.09 bits per heavy atom. The van der Waals surface area contributed by atoms with Gasteiger partial charge in [0.15, 0.2) is 0 Å². The van der Waals surface area contributed by atoms with Crippen molar-refractivity contribution in [3.8, 4) is 0 Å². The fraction of sp³-hybridized carbons (Fsp3) is 0.467. The fourth-order valence-electron chi connectivity index (χ4n) is 2.76. The lowest BCUT2D eigenvalue weighted by molar-refractivity contribution is 0.0927. The zero-order valence-corrected chi connectivity index (χ0v) is 12.2. The fourth-order valence-corrected chi connectivity index (χ4v) is 2.76. The lowest BCUT2D eigenvalue weighted by atomic mass is 10.1. The van der Waals surface area contributed by atoms with Gasteiger partial charge < -0.3 is 21.1 Å². The Hall–Kier alpha value is -2.12. The Morgan fingerprint density at radius 1 is 1.32 bits per heavy atom. The summed E-state index contributed by atoms with van der Waals surface area (Å²) in [4.78, 5) is 25.3. The highest BCUT2D eigenvalue weighted by Crippen LogP contribution is 2.17. The molecule has 0 spiro atoms. The summed E-state index contributed by atoms with van der Waals surface area (Å²) < 4.78 is 0. The van der Waals surface area contributed by atoms with Crippen molar-refractivity contribution in [3.63, 3.8) is 0 Å². The van der Waals surface area contributed by atoms with Gasteiger partial charge in [0.05, 0.1) is 6.10 Å². The highest BCUT2D eigenvalue weighted by atomic mass is 16.3. The third-order valence-corrected chi connectivity index (χ3v) is 4.13. The van der Waals surface area contributed by atoms with E-state index in [0.29, 0.717) is 38.3 Å². The van der Waals surface area contributed by atoms with E-state index in [9.17, 15) is 14.7 Å². The number of benzene rings is 1. The predicted molar refractivity (Wildman–Crippen MR) is 81.9 cm³/mol. The molecule has 0 aliphatic carbocycles. The van der Waals surface area contributed by atoms with E-state index in [-0.39, 0.29) is 17.9 Å². The molecule has 2 atom stereocenters. The minimum absolute atomic E-state index is 0.0523. The van der Waals surface area contributed by atoms with Crippen molar-refractivity contribution >= 4 is 17.6 Å². The molecule has 0 saturated carbocycles. The van der Waals surface area contributed by atoms with Gasteiger partial charge in [0.25, 0.3) is 5.91 Å². The molecule has 2 saturated heterocycles. The summed E-state index contributed by atoms with van der Waals surface area (Å²) >= 11 is 0. The lowest BCUT2D eigenvalue weighted by Crippen LogP contribution is -2.34. The third kappa shape index (κ3) is 3.05. The summed E-state index contributed by atoms with van der Waals surface area (Å²) in [5.74, 6) is -0.118. The number of nitrogens with zero attached hydrogens (tertiary/aromatic N) is 1. The molecule has 0 aromatic heterocycles. The highest BCUT2D eigenvalue weighted by molar-refractivity contribution is 5.97. The maximum atomic E-state index is 12.1. The number of rotatable bonds is 4. The maximum Gasteiger partial charge on any atom is 0.321 e. The van der Waals surface area contributed by atoms with Crippen LogP contribution in [0.2, 0.25) is 0 Å². The molecule has 4 N–H and O–H groups in total. The summed E-state index contributed by atoms with van der Waals surface area (Å²) in [5, 5.41) is 18.4. The van der Waals surface area contributed by atoms with Crippen LogP contribution in [0.25, 0.3) is 0 Å². The number of carbonyl (C=O) groups is 2. The molecule has 0 radical (unpaired) electrons. The molecular formula is C15H20N4O3. The van der Waals surface area contributed by atoms with Crippen LogP contribution in [0.1, 0.15) is 10.4 Å². The second-order valence-electron chi connectivity index (χ2n) is 5.63. The van der Waals surface area contributed by atoms with Crippen LogP contribution in [0.5, 0.6) is 0 Å². The van der Waals surface area contributed by atoms with E-state index in [0.717, 1.165) is 5.69 Å². The molecule has 2 heterocycles. The Bertz CT molecular complexity index is 560. The number of β-amino-alcohol motifs (C(OH)–C–C–N with tert-alkyl or cyclic N) is 1. The monoisotopic (exact) mass is 304 g/mol. The molecule has 118 valence electrons. The summed E-state index contributed by atoms with van der Waals surface area (Å²) in [5.41, 5.74) is 1.32. The summed E-state index contributed by atoms with van der Waals surface area (Å²) in [7, 11) is 0. The van der Waals surface area contributed by atoms with Crippen molar-refractivity contribution < 1.29 is 14.7 Å². The number of hydrogen-bond acceptors (Lipinski definition) is 4. The first-order valence-corrected chi connectivity index (χ1v) is 7.47. The summed E-state index contributed by atoms with van der Waals surface area (Å²) in [6.45, 7) is 3.01. The number of carbonyl (C=O) groups excluding carboxylic acids is 2. The van der Waals surface area contributed by atoms with Crippen LogP contribution >= 0.6 is 0 Å². The van der Waals surface area contributed by atoms with E-state index in [4.69, 9.17) is 0 Å². The van der Waals surface area contributed by atoms with Gasteiger partial charge in [-0.3, -0.25) is 9.69 Å². The third-order valence-electron chi connectivity index (χ3n) is 4.13. The smallest absolute Gasteiger partial charge is 0.321 e. The molecule has 3 amide bonds. The first-order valence-electron chi connectivity index (χ1n) is 7.47. The van der Waals surface area contributed by atoms with Crippen molar-refractivity contribution in [2.75, 3.05) is 37.6 Å². The second-order valence-corrected chi connectivity index (χ2v) is 5.63. The van der Waals surface area contributed by atoms with Crippen molar-refractivity contribution in [1.82, 2.24) is 16.0 Å². The molecule has 2 aliphatic rings. The average molecular weight is 304 g/mol. The number of urea groups is 1. The Kier molecular flexibility index (Phi) is 4.26. The molecule has 2 unspecified atom stereocenters. The molecule has 1 aromatic rings. The minimum Gasteiger partial charge on any atom is -0.391 e. The van der Waals surface area contributed by atoms with Crippen LogP contribution in [-0.4, -0.2) is 55.9 Å². The van der Waals surface area contributed by atoms with E-state index in [2.05, 4.69) is 16.0 Å². The van der Waals surface area contributed by atoms with Gasteiger partial charge in [-0.05, 0) is 24.3 Å². The van der Waals surface area contributed by atoms with Crippen LogP contribution in [0, 0.1) is 5.92 Å². The number of aliphatic hydroxyl groups is 1. The first-order chi connectivity index (χ1) is 10.6. The van der Waals surface area contributed by atoms with Crippen molar-refractivity contribution in [1.29, 1.82) is 0 Å². The molecular weight excluding hydrogens is 284 g/mol. The van der Waals surface area contributed by atoms with Crippen LogP contribution in [0.15, 0.2) is 24.3 Å². The molecule has 1 aromatic carbocycles. The molecule has 2 fully saturated rings. The number of amides is 3. The Balaban J connectivity index is 1.57. The van der Waals surface area contributed by atoms with Crippen LogP contribution in [0.3, 0.4) is 0 Å². The maximum absolute atomic E-state index is 12.1. The molecule has 22 heavy (non-hydrogen) atoms. The van der Waals surface area contributed by atoms with Gasteiger partial charge in [-0.2, -0.15) is 0 Å². The molecule has 3 rings (SSSR count). The first kappa shape index (κ1) is 14.8. The van der Waals surface area contributed by atoms with E-state index < -0.39 is 6.10 Å². The van der Waals surface area contributed by atoms with Crippen LogP contribution in [-0.2, 0) is 0 Å². The minimum atomic E-state index is -0.406. The van der Waals surface area contributed by atoms with E-state index in [1.165, 1.54) is 0 Å². The zero-order valence-electron chi connectivity index (χ0n) is 12.2. The van der Waals surface area contributed by atoms with Gasteiger partial charge >= 0.3 is 6.03 Å². The van der Waals surface area contributed by atoms with E-state index >= 15 is 0 Å². The lowest BCUT2D eigenvalue weighted by Gasteiger charge is -2.16. The van der Waals surface area contributed by atoms with Gasteiger partial charge in [-0.1, -0.05) is 0 Å². The summed E-state index contributed by atoms with van der Waals surface area (Å²) in [6.07, 6.45) is -0.406. The average Bonchev–Trinajstić information content (AvgIpc) is 3.13. The van der Waals surface area contributed by atoms with Gasteiger partial charge in [0.2, 0.25) is 0 Å². The van der Waals surface area contributed by atoms with Gasteiger partial charge in [-0.25, -0.2) is 4.79 Å². The molecule has 2 aliphatic heterocycles. The molecule has 7 nitrogen and oxygen atoms in total. The largest absolute Gasteiger partial charge is 0.391 e. The number of aliphatic hydroxyl groups excluding tert-OH is 1. The number of anilines is 1. The normalized spacial score (nSPS) is 24.4. The topological polar surface area (TPSA) is 93.7 Å². The van der Waals surface area contributed by atoms with Crippen molar-refractivity contribution in [3.05, 3.63) is 29.8 Å². The second kappa shape index (κ2) is 6.33. The van der Waals surface area contributed by atoms with E-state index in [1.807, 2.05) is 0 Å². The number of nitrogens with one attached hydrogen (secondary N) is 3. The van der Waals surface area contributed by atoms with Gasteiger partial charge in [-0.15, -0.1) is 0 Å². The Morgan fingerprint density at radius 3 is 2.68 bits per heavy atom. The van der Waals surface area contributed by atoms with Crippen molar-refractivity contribution in [2.45, 2.75) is 6.10 Å². The highest BCUT2D eigenvalue weighted by Gasteiger charge is 2.25. The van der Waals surface area contributed by atoms with Crippen LogP contribution in [0.4, 0.5) is 10.5 Å². The number of hydrogen-bond donors (Lipinski definition) is 4. The summed E-state index contributed by atoms with van der Waals surface area (Å²) in [6, 6.07) is 6.84. The van der Waals surface area contributed by atoms with Gasteiger partial charge in [0, 0.05) is 49.9 Å².